The van der Waals surface area contributed by atoms with Crippen molar-refractivity contribution in [1.82, 2.24) is 9.97 Å². The zero-order valence-electron chi connectivity index (χ0n) is 7.11. The zero-order valence-corrected chi connectivity index (χ0v) is 10.0. The highest BCUT2D eigenvalue weighted by Gasteiger charge is 2.04. The molecule has 0 bridgehead atoms. The third kappa shape index (κ3) is 2.04. The fraction of sp³-hybridized carbons (Fsp3) is 0. The number of hydrogen-bond acceptors (Lipinski definition) is 2. The van der Waals surface area contributed by atoms with Crippen molar-refractivity contribution in [1.29, 1.82) is 0 Å². The maximum atomic E-state index is 5.86. The van der Waals surface area contributed by atoms with E-state index < -0.39 is 0 Å². The molecule has 0 amide bonds. The fourth-order valence-corrected chi connectivity index (χ4v) is 2.22. The monoisotopic (exact) mass is 316 g/mol. The Hall–Kier alpha value is -0.680. The van der Waals surface area contributed by atoms with Gasteiger partial charge in [-0.25, -0.2) is 9.97 Å². The smallest absolute Gasteiger partial charge is 0.160 e. The summed E-state index contributed by atoms with van der Waals surface area (Å²) < 4.78 is 1.06. The van der Waals surface area contributed by atoms with Crippen molar-refractivity contribution >= 4 is 34.2 Å². The molecular weight excluding hydrogens is 310 g/mol. The SMILES string of the molecule is Clc1ccc(-c2ncccn2)c(I)c1. The number of hydrogen-bond donors (Lipinski definition) is 0. The van der Waals surface area contributed by atoms with E-state index in [-0.39, 0.29) is 0 Å². The lowest BCUT2D eigenvalue weighted by Crippen LogP contribution is -1.89. The molecule has 2 rings (SSSR count). The van der Waals surface area contributed by atoms with Crippen LogP contribution in [0.3, 0.4) is 0 Å². The van der Waals surface area contributed by atoms with Gasteiger partial charge < -0.3 is 0 Å². The first-order chi connectivity index (χ1) is 6.77. The van der Waals surface area contributed by atoms with E-state index in [4.69, 9.17) is 11.6 Å². The predicted octanol–water partition coefficient (Wildman–Crippen LogP) is 3.40. The summed E-state index contributed by atoms with van der Waals surface area (Å²) in [4.78, 5) is 8.36. The summed E-state index contributed by atoms with van der Waals surface area (Å²) >= 11 is 8.08. The van der Waals surface area contributed by atoms with E-state index in [0.717, 1.165) is 20.0 Å². The molecule has 0 fully saturated rings. The molecule has 0 saturated carbocycles. The molecule has 0 spiro atoms. The van der Waals surface area contributed by atoms with Crippen LogP contribution in [-0.4, -0.2) is 9.97 Å². The summed E-state index contributed by atoms with van der Waals surface area (Å²) in [6, 6.07) is 7.47. The lowest BCUT2D eigenvalue weighted by molar-refractivity contribution is 1.17. The Morgan fingerprint density at radius 3 is 2.50 bits per heavy atom. The number of aromatic nitrogens is 2. The first-order valence-electron chi connectivity index (χ1n) is 4.00. The van der Waals surface area contributed by atoms with Gasteiger partial charge in [0.05, 0.1) is 0 Å². The Morgan fingerprint density at radius 2 is 1.86 bits per heavy atom. The van der Waals surface area contributed by atoms with Crippen molar-refractivity contribution in [3.63, 3.8) is 0 Å². The van der Waals surface area contributed by atoms with Crippen molar-refractivity contribution in [3.8, 4) is 11.4 Å². The van der Waals surface area contributed by atoms with Crippen LogP contribution >= 0.6 is 34.2 Å². The number of rotatable bonds is 1. The van der Waals surface area contributed by atoms with Crippen LogP contribution in [0.25, 0.3) is 11.4 Å². The molecule has 1 heterocycles. The van der Waals surface area contributed by atoms with Crippen molar-refractivity contribution in [2.75, 3.05) is 0 Å². The first-order valence-corrected chi connectivity index (χ1v) is 5.45. The average molecular weight is 317 g/mol. The fourth-order valence-electron chi connectivity index (χ4n) is 1.11. The second kappa shape index (κ2) is 4.23. The molecule has 1 aromatic carbocycles. The van der Waals surface area contributed by atoms with Gasteiger partial charge in [0.25, 0.3) is 0 Å². The normalized spacial score (nSPS) is 10.1. The average Bonchev–Trinajstić information content (AvgIpc) is 2.19. The largest absolute Gasteiger partial charge is 0.237 e. The maximum absolute atomic E-state index is 5.86. The van der Waals surface area contributed by atoms with Gasteiger partial charge in [-0.1, -0.05) is 11.6 Å². The van der Waals surface area contributed by atoms with Crippen LogP contribution in [0.5, 0.6) is 0 Å². The lowest BCUT2D eigenvalue weighted by Gasteiger charge is -2.02. The minimum absolute atomic E-state index is 0.730. The van der Waals surface area contributed by atoms with Crippen molar-refractivity contribution in [2.24, 2.45) is 0 Å². The van der Waals surface area contributed by atoms with Gasteiger partial charge in [0, 0.05) is 26.5 Å². The molecule has 0 radical (unpaired) electrons. The van der Waals surface area contributed by atoms with Crippen molar-refractivity contribution in [3.05, 3.63) is 45.3 Å². The Morgan fingerprint density at radius 1 is 1.14 bits per heavy atom. The summed E-state index contributed by atoms with van der Waals surface area (Å²) in [5.74, 6) is 0.730. The highest BCUT2D eigenvalue weighted by molar-refractivity contribution is 14.1. The van der Waals surface area contributed by atoms with Gasteiger partial charge in [0.2, 0.25) is 0 Å². The van der Waals surface area contributed by atoms with E-state index in [1.165, 1.54) is 0 Å². The number of benzene rings is 1. The molecule has 0 N–H and O–H groups in total. The maximum Gasteiger partial charge on any atom is 0.160 e. The van der Waals surface area contributed by atoms with E-state index in [0.29, 0.717) is 0 Å². The minimum Gasteiger partial charge on any atom is -0.237 e. The third-order valence-corrected chi connectivity index (χ3v) is 2.87. The van der Waals surface area contributed by atoms with Gasteiger partial charge in [0.1, 0.15) is 0 Å². The zero-order chi connectivity index (χ0) is 9.97. The van der Waals surface area contributed by atoms with Crippen LogP contribution in [0.1, 0.15) is 0 Å². The second-order valence-corrected chi connectivity index (χ2v) is 4.30. The van der Waals surface area contributed by atoms with Gasteiger partial charge in [-0.2, -0.15) is 0 Å². The van der Waals surface area contributed by atoms with Crippen LogP contribution in [0.15, 0.2) is 36.7 Å². The highest BCUT2D eigenvalue weighted by Crippen LogP contribution is 2.24. The van der Waals surface area contributed by atoms with Crippen LogP contribution in [0.4, 0.5) is 0 Å². The molecule has 0 unspecified atom stereocenters. The molecule has 0 saturated heterocycles. The quantitative estimate of drug-likeness (QED) is 0.754. The molecule has 0 aliphatic carbocycles. The van der Waals surface area contributed by atoms with Crippen molar-refractivity contribution < 1.29 is 0 Å². The van der Waals surface area contributed by atoms with Crippen LogP contribution in [0.2, 0.25) is 5.02 Å². The standard InChI is InChI=1S/C10H6ClIN2/c11-7-2-3-8(9(12)6-7)10-13-4-1-5-14-10/h1-6H. The molecule has 70 valence electrons. The van der Waals surface area contributed by atoms with E-state index in [9.17, 15) is 0 Å². The number of halogens is 2. The van der Waals surface area contributed by atoms with E-state index in [1.54, 1.807) is 18.5 Å². The molecule has 2 aromatic rings. The topological polar surface area (TPSA) is 25.8 Å². The summed E-state index contributed by atoms with van der Waals surface area (Å²) in [7, 11) is 0. The Labute approximate surface area is 100 Å². The van der Waals surface area contributed by atoms with E-state index >= 15 is 0 Å². The Bertz CT molecular complexity index is 445. The van der Waals surface area contributed by atoms with E-state index in [1.807, 2.05) is 18.2 Å². The highest BCUT2D eigenvalue weighted by atomic mass is 127. The van der Waals surface area contributed by atoms with E-state index in [2.05, 4.69) is 32.6 Å². The van der Waals surface area contributed by atoms with Crippen LogP contribution in [-0.2, 0) is 0 Å². The summed E-state index contributed by atoms with van der Waals surface area (Å²) in [6.07, 6.45) is 3.46. The molecule has 0 aliphatic rings. The summed E-state index contributed by atoms with van der Waals surface area (Å²) in [6.45, 7) is 0. The van der Waals surface area contributed by atoms with Gasteiger partial charge in [-0.3, -0.25) is 0 Å². The molecular formula is C10H6ClIN2. The molecule has 14 heavy (non-hydrogen) atoms. The summed E-state index contributed by atoms with van der Waals surface area (Å²) in [5.41, 5.74) is 1.01. The third-order valence-electron chi connectivity index (χ3n) is 1.74. The van der Waals surface area contributed by atoms with Gasteiger partial charge >= 0.3 is 0 Å². The Balaban J connectivity index is 2.53. The molecule has 4 heteroatoms. The summed E-state index contributed by atoms with van der Waals surface area (Å²) in [5, 5.41) is 0.731. The Kier molecular flexibility index (Phi) is 2.98. The predicted molar refractivity (Wildman–Crippen MR) is 65.2 cm³/mol. The molecule has 0 atom stereocenters. The first kappa shape index (κ1) is 9.86. The van der Waals surface area contributed by atoms with Crippen molar-refractivity contribution in [2.45, 2.75) is 0 Å². The lowest BCUT2D eigenvalue weighted by atomic mass is 10.2. The second-order valence-electron chi connectivity index (χ2n) is 2.70. The number of nitrogens with zero attached hydrogens (tertiary/aromatic N) is 2. The molecule has 1 aromatic heterocycles. The molecule has 2 nitrogen and oxygen atoms in total. The van der Waals surface area contributed by atoms with Crippen LogP contribution in [0, 0.1) is 3.57 Å². The molecule has 0 aliphatic heterocycles. The van der Waals surface area contributed by atoms with Crippen LogP contribution < -0.4 is 0 Å². The minimum atomic E-state index is 0.730. The van der Waals surface area contributed by atoms with Gasteiger partial charge in [-0.15, -0.1) is 0 Å². The van der Waals surface area contributed by atoms with Gasteiger partial charge in [-0.05, 0) is 46.9 Å². The van der Waals surface area contributed by atoms with Gasteiger partial charge in [0.15, 0.2) is 5.82 Å².